The molecule has 3 heterocycles. The van der Waals surface area contributed by atoms with E-state index in [9.17, 15) is 4.79 Å². The van der Waals surface area contributed by atoms with Crippen LogP contribution < -0.4 is 10.1 Å². The van der Waals surface area contributed by atoms with Crippen LogP contribution in [0.15, 0.2) is 85.2 Å². The maximum absolute atomic E-state index is 13.2. The third-order valence-electron chi connectivity index (χ3n) is 5.33. The summed E-state index contributed by atoms with van der Waals surface area (Å²) in [4.78, 5) is 13.2. The average molecular weight is 438 g/mol. The third kappa shape index (κ3) is 4.31. The number of amides is 1. The van der Waals surface area contributed by atoms with E-state index in [2.05, 4.69) is 15.5 Å². The minimum Gasteiger partial charge on any atom is -0.497 e. The van der Waals surface area contributed by atoms with Gasteiger partial charge >= 0.3 is 0 Å². The van der Waals surface area contributed by atoms with Crippen LogP contribution in [0.5, 0.6) is 5.75 Å². The molecule has 0 radical (unpaired) electrons. The van der Waals surface area contributed by atoms with Crippen LogP contribution in [0.4, 0.5) is 0 Å². The summed E-state index contributed by atoms with van der Waals surface area (Å²) >= 11 is 0. The number of rotatable bonds is 7. The molecular formula is C25H22N6O2. The highest BCUT2D eigenvalue weighted by Crippen LogP contribution is 2.26. The van der Waals surface area contributed by atoms with Crippen LogP contribution in [0.3, 0.4) is 0 Å². The molecule has 0 atom stereocenters. The van der Waals surface area contributed by atoms with E-state index in [1.165, 1.54) is 0 Å². The van der Waals surface area contributed by atoms with Gasteiger partial charge in [-0.25, -0.2) is 0 Å². The van der Waals surface area contributed by atoms with Crippen LogP contribution >= 0.6 is 0 Å². The lowest BCUT2D eigenvalue weighted by molar-refractivity contribution is 0.0950. The van der Waals surface area contributed by atoms with Crippen LogP contribution in [-0.4, -0.2) is 37.4 Å². The number of nitrogens with zero attached hydrogens (tertiary/aromatic N) is 5. The Balaban J connectivity index is 1.45. The number of pyridine rings is 1. The third-order valence-corrected chi connectivity index (χ3v) is 5.33. The Hall–Kier alpha value is -4.46. The highest BCUT2D eigenvalue weighted by molar-refractivity contribution is 5.99. The molecule has 5 rings (SSSR count). The predicted octanol–water partition coefficient (Wildman–Crippen LogP) is 3.58. The van der Waals surface area contributed by atoms with Gasteiger partial charge in [-0.2, -0.15) is 5.10 Å². The van der Waals surface area contributed by atoms with Gasteiger partial charge < -0.3 is 10.1 Å². The van der Waals surface area contributed by atoms with Crippen molar-refractivity contribution < 1.29 is 9.53 Å². The molecule has 0 aliphatic heterocycles. The summed E-state index contributed by atoms with van der Waals surface area (Å²) in [6.45, 7) is 0.797. The molecule has 164 valence electrons. The maximum Gasteiger partial charge on any atom is 0.255 e. The second-order valence-electron chi connectivity index (χ2n) is 7.53. The zero-order valence-corrected chi connectivity index (χ0v) is 18.0. The molecule has 5 aromatic rings. The first-order valence-electron chi connectivity index (χ1n) is 10.5. The fourth-order valence-corrected chi connectivity index (χ4v) is 3.69. The summed E-state index contributed by atoms with van der Waals surface area (Å²) < 4.78 is 9.00. The molecular weight excluding hydrogens is 416 g/mol. The number of hydrogen-bond donors (Lipinski definition) is 1. The summed E-state index contributed by atoms with van der Waals surface area (Å²) in [7, 11) is 1.61. The van der Waals surface area contributed by atoms with Crippen LogP contribution in [-0.2, 0) is 13.1 Å². The summed E-state index contributed by atoms with van der Waals surface area (Å²) in [6, 6.07) is 23.2. The Bertz CT molecular complexity index is 1410. The Morgan fingerprint density at radius 2 is 1.85 bits per heavy atom. The molecule has 2 aromatic carbocycles. The molecule has 0 aliphatic rings. The number of fused-ring (bicyclic) bond motifs is 1. The smallest absolute Gasteiger partial charge is 0.255 e. The summed E-state index contributed by atoms with van der Waals surface area (Å²) in [5, 5.41) is 16.0. The molecule has 8 heteroatoms. The first kappa shape index (κ1) is 20.4. The van der Waals surface area contributed by atoms with Gasteiger partial charge in [0.2, 0.25) is 0 Å². The number of methoxy groups -OCH3 is 1. The molecule has 0 saturated heterocycles. The molecule has 0 bridgehead atoms. The first-order chi connectivity index (χ1) is 16.2. The molecule has 3 aromatic heterocycles. The molecule has 0 spiro atoms. The van der Waals surface area contributed by atoms with Gasteiger partial charge in [-0.3, -0.25) is 13.9 Å². The van der Waals surface area contributed by atoms with Crippen molar-refractivity contribution in [3.8, 4) is 17.0 Å². The van der Waals surface area contributed by atoms with Crippen molar-refractivity contribution in [2.75, 3.05) is 7.11 Å². The SMILES string of the molecule is COc1cccc(-c2nn(Cc3ccccc3)cc2C(=O)NCc2nnc3ccccn23)c1. The van der Waals surface area contributed by atoms with Crippen molar-refractivity contribution in [2.45, 2.75) is 13.1 Å². The molecule has 1 N–H and O–H groups in total. The van der Waals surface area contributed by atoms with Crippen LogP contribution in [0.2, 0.25) is 0 Å². The Kier molecular flexibility index (Phi) is 5.55. The Morgan fingerprint density at radius 3 is 2.70 bits per heavy atom. The minimum absolute atomic E-state index is 0.236. The Labute approximate surface area is 190 Å². The van der Waals surface area contributed by atoms with Crippen LogP contribution in [0.25, 0.3) is 16.9 Å². The van der Waals surface area contributed by atoms with E-state index in [0.717, 1.165) is 16.8 Å². The molecule has 1 amide bonds. The molecule has 0 saturated carbocycles. The van der Waals surface area contributed by atoms with Gasteiger partial charge in [0.25, 0.3) is 5.91 Å². The number of hydrogen-bond acceptors (Lipinski definition) is 5. The van der Waals surface area contributed by atoms with Crippen molar-refractivity contribution in [1.82, 2.24) is 29.7 Å². The minimum atomic E-state index is -0.236. The zero-order valence-electron chi connectivity index (χ0n) is 18.0. The summed E-state index contributed by atoms with van der Waals surface area (Å²) in [5.41, 5.74) is 3.70. The van der Waals surface area contributed by atoms with E-state index in [4.69, 9.17) is 9.84 Å². The lowest BCUT2D eigenvalue weighted by Gasteiger charge is -2.06. The Morgan fingerprint density at radius 1 is 1.00 bits per heavy atom. The number of carbonyl (C=O) groups excluding carboxylic acids is 1. The van der Waals surface area contributed by atoms with E-state index in [0.29, 0.717) is 29.4 Å². The van der Waals surface area contributed by atoms with E-state index < -0.39 is 0 Å². The summed E-state index contributed by atoms with van der Waals surface area (Å²) in [6.07, 6.45) is 3.65. The van der Waals surface area contributed by atoms with Gasteiger partial charge in [0.15, 0.2) is 11.5 Å². The van der Waals surface area contributed by atoms with Crippen molar-refractivity contribution in [1.29, 1.82) is 0 Å². The molecule has 0 aliphatic carbocycles. The van der Waals surface area contributed by atoms with Gasteiger partial charge in [0.1, 0.15) is 11.4 Å². The standard InChI is InChI=1S/C25H22N6O2/c1-33-20-11-7-10-19(14-20)24-21(17-30(29-24)16-18-8-3-2-4-9-18)25(32)26-15-23-28-27-22-12-5-6-13-31(22)23/h2-14,17H,15-16H2,1H3,(H,26,32). The van der Waals surface area contributed by atoms with Gasteiger partial charge in [-0.1, -0.05) is 48.5 Å². The number of carbonyl (C=O) groups is 1. The number of nitrogens with one attached hydrogen (secondary N) is 1. The van der Waals surface area contributed by atoms with Crippen LogP contribution in [0.1, 0.15) is 21.7 Å². The largest absolute Gasteiger partial charge is 0.497 e. The lowest BCUT2D eigenvalue weighted by atomic mass is 10.1. The van der Waals surface area contributed by atoms with E-state index >= 15 is 0 Å². The van der Waals surface area contributed by atoms with Gasteiger partial charge in [-0.05, 0) is 29.8 Å². The number of aromatic nitrogens is 5. The molecule has 8 nitrogen and oxygen atoms in total. The second-order valence-corrected chi connectivity index (χ2v) is 7.53. The highest BCUT2D eigenvalue weighted by atomic mass is 16.5. The maximum atomic E-state index is 13.2. The zero-order chi connectivity index (χ0) is 22.6. The lowest BCUT2D eigenvalue weighted by Crippen LogP contribution is -2.24. The number of benzene rings is 2. The van der Waals surface area contributed by atoms with E-state index in [-0.39, 0.29) is 12.5 Å². The average Bonchev–Trinajstić information content (AvgIpc) is 3.48. The van der Waals surface area contributed by atoms with Crippen LogP contribution in [0, 0.1) is 0 Å². The second kappa shape index (κ2) is 8.96. The fraction of sp³-hybridized carbons (Fsp3) is 0.120. The predicted molar refractivity (Wildman–Crippen MR) is 124 cm³/mol. The summed E-state index contributed by atoms with van der Waals surface area (Å²) in [5.74, 6) is 1.12. The molecule has 0 unspecified atom stereocenters. The normalized spacial score (nSPS) is 10.9. The van der Waals surface area contributed by atoms with Crippen molar-refractivity contribution in [2.24, 2.45) is 0 Å². The van der Waals surface area contributed by atoms with E-state index in [1.54, 1.807) is 18.0 Å². The fourth-order valence-electron chi connectivity index (χ4n) is 3.69. The topological polar surface area (TPSA) is 86.3 Å². The van der Waals surface area contributed by atoms with Gasteiger partial charge in [0.05, 0.1) is 25.8 Å². The monoisotopic (exact) mass is 438 g/mol. The van der Waals surface area contributed by atoms with Crippen molar-refractivity contribution >= 4 is 11.6 Å². The van der Waals surface area contributed by atoms with Crippen molar-refractivity contribution in [3.05, 3.63) is 102 Å². The van der Waals surface area contributed by atoms with Crippen molar-refractivity contribution in [3.63, 3.8) is 0 Å². The first-order valence-corrected chi connectivity index (χ1v) is 10.5. The number of ether oxygens (including phenoxy) is 1. The van der Waals surface area contributed by atoms with Gasteiger partial charge in [-0.15, -0.1) is 10.2 Å². The quantitative estimate of drug-likeness (QED) is 0.420. The van der Waals surface area contributed by atoms with Gasteiger partial charge in [0, 0.05) is 18.0 Å². The highest BCUT2D eigenvalue weighted by Gasteiger charge is 2.19. The van der Waals surface area contributed by atoms with E-state index in [1.807, 2.05) is 83.4 Å². The molecule has 33 heavy (non-hydrogen) atoms. The molecule has 0 fully saturated rings.